The van der Waals surface area contributed by atoms with E-state index in [0.29, 0.717) is 12.0 Å². The van der Waals surface area contributed by atoms with E-state index < -0.39 is 0 Å². The van der Waals surface area contributed by atoms with E-state index in [-0.39, 0.29) is 5.82 Å². The number of rotatable bonds is 5. The Morgan fingerprint density at radius 3 is 2.62 bits per heavy atom. The molecule has 1 aromatic carbocycles. The van der Waals surface area contributed by atoms with Crippen LogP contribution in [0.3, 0.4) is 0 Å². The molecule has 16 heavy (non-hydrogen) atoms. The largest absolute Gasteiger partial charge is 0.383 e. The van der Waals surface area contributed by atoms with Crippen molar-refractivity contribution < 1.29 is 9.13 Å². The van der Waals surface area contributed by atoms with Gasteiger partial charge in [0.05, 0.1) is 6.61 Å². The highest BCUT2D eigenvalue weighted by atomic mass is 19.1. The van der Waals surface area contributed by atoms with Crippen molar-refractivity contribution in [2.45, 2.75) is 24.8 Å². The normalized spacial score (nSPS) is 24.1. The van der Waals surface area contributed by atoms with Crippen molar-refractivity contribution in [1.29, 1.82) is 0 Å². The van der Waals surface area contributed by atoms with Crippen molar-refractivity contribution in [1.82, 2.24) is 5.32 Å². The molecule has 1 aromatic rings. The second kappa shape index (κ2) is 5.41. The molecule has 0 saturated heterocycles. The average molecular weight is 223 g/mol. The number of methoxy groups -OCH3 is 1. The molecule has 2 nitrogen and oxygen atoms in total. The summed E-state index contributed by atoms with van der Waals surface area (Å²) in [6.07, 6.45) is 2.30. The zero-order valence-corrected chi connectivity index (χ0v) is 9.58. The van der Waals surface area contributed by atoms with Crippen LogP contribution in [0, 0.1) is 5.82 Å². The van der Waals surface area contributed by atoms with E-state index in [2.05, 4.69) is 5.32 Å². The molecule has 0 amide bonds. The second-order valence-electron chi connectivity index (χ2n) is 4.36. The predicted octanol–water partition coefficient (Wildman–Crippen LogP) is 2.31. The number of hydrogen-bond acceptors (Lipinski definition) is 2. The molecule has 3 heteroatoms. The zero-order valence-electron chi connectivity index (χ0n) is 9.58. The molecule has 88 valence electrons. The van der Waals surface area contributed by atoms with Crippen LogP contribution in [0.15, 0.2) is 24.3 Å². The molecule has 0 aromatic heterocycles. The zero-order chi connectivity index (χ0) is 11.4. The maximum atomic E-state index is 12.7. The van der Waals surface area contributed by atoms with Gasteiger partial charge in [-0.2, -0.15) is 0 Å². The highest BCUT2D eigenvalue weighted by molar-refractivity contribution is 5.23. The highest BCUT2D eigenvalue weighted by Crippen LogP contribution is 2.36. The summed E-state index contributed by atoms with van der Waals surface area (Å²) in [7, 11) is 1.71. The van der Waals surface area contributed by atoms with E-state index >= 15 is 0 Å². The number of ether oxygens (including phenoxy) is 1. The van der Waals surface area contributed by atoms with Crippen molar-refractivity contribution in [2.75, 3.05) is 20.3 Å². The van der Waals surface area contributed by atoms with Crippen LogP contribution < -0.4 is 5.32 Å². The van der Waals surface area contributed by atoms with Crippen LogP contribution in [-0.2, 0) is 4.74 Å². The summed E-state index contributed by atoms with van der Waals surface area (Å²) in [6.45, 7) is 1.68. The Morgan fingerprint density at radius 2 is 2.00 bits per heavy atom. The standard InChI is InChI=1S/C13H18FNO/c1-16-7-6-15-13-8-11(9-13)10-2-4-12(14)5-3-10/h2-5,11,13,15H,6-9H2,1H3. The smallest absolute Gasteiger partial charge is 0.123 e. The molecule has 1 fully saturated rings. The van der Waals surface area contributed by atoms with E-state index in [4.69, 9.17) is 4.74 Å². The minimum Gasteiger partial charge on any atom is -0.383 e. The first-order valence-electron chi connectivity index (χ1n) is 5.77. The number of benzene rings is 1. The molecular weight excluding hydrogens is 205 g/mol. The number of nitrogens with one attached hydrogen (secondary N) is 1. The van der Waals surface area contributed by atoms with Crippen molar-refractivity contribution in [3.8, 4) is 0 Å². The lowest BCUT2D eigenvalue weighted by Gasteiger charge is -2.36. The maximum Gasteiger partial charge on any atom is 0.123 e. The fourth-order valence-corrected chi connectivity index (χ4v) is 2.16. The first kappa shape index (κ1) is 11.6. The molecule has 0 atom stereocenters. The van der Waals surface area contributed by atoms with Gasteiger partial charge in [-0.1, -0.05) is 12.1 Å². The van der Waals surface area contributed by atoms with E-state index in [1.54, 1.807) is 19.2 Å². The van der Waals surface area contributed by atoms with Gasteiger partial charge in [-0.15, -0.1) is 0 Å². The minimum atomic E-state index is -0.155. The molecule has 1 aliphatic rings. The highest BCUT2D eigenvalue weighted by Gasteiger charge is 2.29. The Kier molecular flexibility index (Phi) is 3.91. The molecule has 0 spiro atoms. The SMILES string of the molecule is COCCNC1CC(c2ccc(F)cc2)C1. The summed E-state index contributed by atoms with van der Waals surface area (Å²) in [5, 5.41) is 3.43. The van der Waals surface area contributed by atoms with Crippen LogP contribution in [0.2, 0.25) is 0 Å². The van der Waals surface area contributed by atoms with Crippen LogP contribution in [0.5, 0.6) is 0 Å². The molecule has 0 heterocycles. The second-order valence-corrected chi connectivity index (χ2v) is 4.36. The molecule has 1 aliphatic carbocycles. The molecule has 0 bridgehead atoms. The van der Waals surface area contributed by atoms with Crippen LogP contribution in [0.4, 0.5) is 4.39 Å². The third-order valence-corrected chi connectivity index (χ3v) is 3.22. The van der Waals surface area contributed by atoms with Gasteiger partial charge in [0.15, 0.2) is 0 Å². The first-order chi connectivity index (χ1) is 7.79. The summed E-state index contributed by atoms with van der Waals surface area (Å²) in [5.41, 5.74) is 1.26. The lowest BCUT2D eigenvalue weighted by atomic mass is 9.76. The quantitative estimate of drug-likeness (QED) is 0.773. The third kappa shape index (κ3) is 2.80. The van der Waals surface area contributed by atoms with Crippen LogP contribution in [0.1, 0.15) is 24.3 Å². The molecule has 0 aliphatic heterocycles. The van der Waals surface area contributed by atoms with E-state index in [0.717, 1.165) is 26.0 Å². The molecule has 2 rings (SSSR count). The molecule has 0 radical (unpaired) electrons. The van der Waals surface area contributed by atoms with Crippen molar-refractivity contribution in [2.24, 2.45) is 0 Å². The Labute approximate surface area is 95.8 Å². The Bertz CT molecular complexity index is 319. The monoisotopic (exact) mass is 223 g/mol. The van der Waals surface area contributed by atoms with Crippen molar-refractivity contribution >= 4 is 0 Å². The lowest BCUT2D eigenvalue weighted by molar-refractivity contribution is 0.184. The first-order valence-corrected chi connectivity index (χ1v) is 5.77. The maximum absolute atomic E-state index is 12.7. The van der Waals surface area contributed by atoms with Gasteiger partial charge in [-0.05, 0) is 36.5 Å². The lowest BCUT2D eigenvalue weighted by Crippen LogP contribution is -2.41. The van der Waals surface area contributed by atoms with E-state index in [1.807, 2.05) is 12.1 Å². The minimum absolute atomic E-state index is 0.155. The summed E-state index contributed by atoms with van der Waals surface area (Å²) in [4.78, 5) is 0. The van der Waals surface area contributed by atoms with Gasteiger partial charge < -0.3 is 10.1 Å². The Hall–Kier alpha value is -0.930. The topological polar surface area (TPSA) is 21.3 Å². The fraction of sp³-hybridized carbons (Fsp3) is 0.538. The Balaban J connectivity index is 1.73. The van der Waals surface area contributed by atoms with Crippen LogP contribution >= 0.6 is 0 Å². The number of halogens is 1. The summed E-state index contributed by atoms with van der Waals surface area (Å²) < 4.78 is 17.7. The predicted molar refractivity (Wildman–Crippen MR) is 62.0 cm³/mol. The fourth-order valence-electron chi connectivity index (χ4n) is 2.16. The van der Waals surface area contributed by atoms with E-state index in [9.17, 15) is 4.39 Å². The van der Waals surface area contributed by atoms with Crippen molar-refractivity contribution in [3.05, 3.63) is 35.6 Å². The van der Waals surface area contributed by atoms with Crippen molar-refractivity contribution in [3.63, 3.8) is 0 Å². The molecule has 0 unspecified atom stereocenters. The van der Waals surface area contributed by atoms with Crippen LogP contribution in [-0.4, -0.2) is 26.3 Å². The third-order valence-electron chi connectivity index (χ3n) is 3.22. The molecule has 1 N–H and O–H groups in total. The van der Waals surface area contributed by atoms with Gasteiger partial charge >= 0.3 is 0 Å². The van der Waals surface area contributed by atoms with Gasteiger partial charge in [0.25, 0.3) is 0 Å². The molecule has 1 saturated carbocycles. The van der Waals surface area contributed by atoms with Gasteiger partial charge in [0.1, 0.15) is 5.82 Å². The summed E-state index contributed by atoms with van der Waals surface area (Å²) in [5.74, 6) is 0.443. The van der Waals surface area contributed by atoms with Crippen LogP contribution in [0.25, 0.3) is 0 Å². The van der Waals surface area contributed by atoms with E-state index in [1.165, 1.54) is 5.56 Å². The van der Waals surface area contributed by atoms with Gasteiger partial charge in [-0.25, -0.2) is 4.39 Å². The average Bonchev–Trinajstić information content (AvgIpc) is 2.23. The Morgan fingerprint density at radius 1 is 1.31 bits per heavy atom. The van der Waals surface area contributed by atoms with Gasteiger partial charge in [-0.3, -0.25) is 0 Å². The number of hydrogen-bond donors (Lipinski definition) is 1. The summed E-state index contributed by atoms with van der Waals surface area (Å²) >= 11 is 0. The van der Waals surface area contributed by atoms with Gasteiger partial charge in [0.2, 0.25) is 0 Å². The summed E-state index contributed by atoms with van der Waals surface area (Å²) in [6, 6.07) is 7.48. The van der Waals surface area contributed by atoms with Gasteiger partial charge in [0, 0.05) is 19.7 Å². The molecular formula is C13H18FNO.